The molecule has 3 heteroatoms. The van der Waals surface area contributed by atoms with Crippen LogP contribution < -0.4 is 0 Å². The molecule has 0 radical (unpaired) electrons. The molecule has 0 heterocycles. The van der Waals surface area contributed by atoms with E-state index in [1.54, 1.807) is 38.3 Å². The van der Waals surface area contributed by atoms with Crippen molar-refractivity contribution < 1.29 is 9.50 Å². The van der Waals surface area contributed by atoms with Crippen molar-refractivity contribution in [3.8, 4) is 0 Å². The lowest BCUT2D eigenvalue weighted by Gasteiger charge is -2.14. The summed E-state index contributed by atoms with van der Waals surface area (Å²) in [5, 5.41) is 10.2. The van der Waals surface area contributed by atoms with Crippen molar-refractivity contribution in [2.45, 2.75) is 33.3 Å². The molecule has 0 saturated heterocycles. The number of hydrogen-bond acceptors (Lipinski definition) is 2. The molecule has 0 aliphatic rings. The number of hydrogen-bond donors (Lipinski definition) is 1. The molecule has 1 aromatic carbocycles. The molecule has 0 saturated carbocycles. The predicted molar refractivity (Wildman–Crippen MR) is 68.6 cm³/mol. The molecule has 0 spiro atoms. The SMILES string of the molecule is C/C=C(\N=CCC)C(O)c1cccc(F)c1C. The summed E-state index contributed by atoms with van der Waals surface area (Å²) in [6.07, 6.45) is 3.39. The molecule has 0 aliphatic heterocycles. The van der Waals surface area contributed by atoms with Crippen LogP contribution in [0.15, 0.2) is 35.0 Å². The number of allylic oxidation sites excluding steroid dienone is 1. The van der Waals surface area contributed by atoms with Crippen molar-refractivity contribution in [3.63, 3.8) is 0 Å². The summed E-state index contributed by atoms with van der Waals surface area (Å²) in [6.45, 7) is 5.43. The van der Waals surface area contributed by atoms with Gasteiger partial charge in [0.1, 0.15) is 11.9 Å². The first-order chi connectivity index (χ1) is 8.11. The Bertz CT molecular complexity index is 438. The van der Waals surface area contributed by atoms with Crippen LogP contribution in [0.5, 0.6) is 0 Å². The summed E-state index contributed by atoms with van der Waals surface area (Å²) in [7, 11) is 0. The largest absolute Gasteiger partial charge is 0.382 e. The zero-order chi connectivity index (χ0) is 12.8. The van der Waals surface area contributed by atoms with Crippen LogP contribution in [0.25, 0.3) is 0 Å². The molecule has 1 N–H and O–H groups in total. The zero-order valence-corrected chi connectivity index (χ0v) is 10.4. The second kappa shape index (κ2) is 6.30. The lowest BCUT2D eigenvalue weighted by molar-refractivity contribution is 0.212. The zero-order valence-electron chi connectivity index (χ0n) is 10.4. The molecule has 0 amide bonds. The predicted octanol–water partition coefficient (Wildman–Crippen LogP) is 3.55. The van der Waals surface area contributed by atoms with Gasteiger partial charge in [0.2, 0.25) is 0 Å². The van der Waals surface area contributed by atoms with Crippen molar-refractivity contribution >= 4 is 6.21 Å². The van der Waals surface area contributed by atoms with Crippen molar-refractivity contribution in [3.05, 3.63) is 46.9 Å². The standard InChI is InChI=1S/C14H18FNO/c1-4-9-16-13(5-2)14(17)11-7-6-8-12(15)10(11)3/h5-9,14,17H,4H2,1-3H3/b13-5-,16-9?. The fraction of sp³-hybridized carbons (Fsp3) is 0.357. The second-order valence-corrected chi connectivity index (χ2v) is 3.79. The van der Waals surface area contributed by atoms with Gasteiger partial charge in [0.25, 0.3) is 0 Å². The van der Waals surface area contributed by atoms with E-state index in [2.05, 4.69) is 4.99 Å². The third-order valence-corrected chi connectivity index (χ3v) is 2.60. The van der Waals surface area contributed by atoms with Crippen LogP contribution in [0.4, 0.5) is 4.39 Å². The first-order valence-corrected chi connectivity index (χ1v) is 5.73. The Balaban J connectivity index is 3.07. The number of halogens is 1. The molecule has 0 aromatic heterocycles. The molecule has 0 bridgehead atoms. The Morgan fingerprint density at radius 3 is 2.82 bits per heavy atom. The number of nitrogens with zero attached hydrogens (tertiary/aromatic N) is 1. The molecule has 17 heavy (non-hydrogen) atoms. The number of rotatable bonds is 4. The van der Waals surface area contributed by atoms with Gasteiger partial charge in [0.15, 0.2) is 0 Å². The minimum Gasteiger partial charge on any atom is -0.382 e. The van der Waals surface area contributed by atoms with Gasteiger partial charge in [-0.15, -0.1) is 0 Å². The summed E-state index contributed by atoms with van der Waals surface area (Å²) < 4.78 is 13.4. The van der Waals surface area contributed by atoms with Crippen molar-refractivity contribution in [2.75, 3.05) is 0 Å². The summed E-state index contributed by atoms with van der Waals surface area (Å²) >= 11 is 0. The van der Waals surface area contributed by atoms with E-state index in [4.69, 9.17) is 0 Å². The van der Waals surface area contributed by atoms with Crippen LogP contribution in [0.3, 0.4) is 0 Å². The first kappa shape index (κ1) is 13.6. The average Bonchev–Trinajstić information content (AvgIpc) is 2.33. The highest BCUT2D eigenvalue weighted by atomic mass is 19.1. The molecular weight excluding hydrogens is 217 g/mol. The maximum Gasteiger partial charge on any atom is 0.126 e. The van der Waals surface area contributed by atoms with Crippen LogP contribution >= 0.6 is 0 Å². The Hall–Kier alpha value is -1.48. The quantitative estimate of drug-likeness (QED) is 0.795. The number of aliphatic hydroxyl groups is 1. The minimum atomic E-state index is -0.876. The molecule has 1 rings (SSSR count). The van der Waals surface area contributed by atoms with Crippen LogP contribution in [-0.4, -0.2) is 11.3 Å². The van der Waals surface area contributed by atoms with E-state index in [1.165, 1.54) is 6.07 Å². The van der Waals surface area contributed by atoms with Crippen LogP contribution in [0.2, 0.25) is 0 Å². The lowest BCUT2D eigenvalue weighted by Crippen LogP contribution is -2.04. The smallest absolute Gasteiger partial charge is 0.126 e. The molecule has 1 atom stereocenters. The average molecular weight is 235 g/mol. The van der Waals surface area contributed by atoms with E-state index in [-0.39, 0.29) is 5.82 Å². The summed E-state index contributed by atoms with van der Waals surface area (Å²) in [6, 6.07) is 4.70. The fourth-order valence-electron chi connectivity index (χ4n) is 1.58. The summed E-state index contributed by atoms with van der Waals surface area (Å²) in [5.74, 6) is -0.309. The van der Waals surface area contributed by atoms with Crippen LogP contribution in [-0.2, 0) is 0 Å². The van der Waals surface area contributed by atoms with Gasteiger partial charge in [0, 0.05) is 6.21 Å². The normalized spacial score (nSPS) is 14.3. The minimum absolute atomic E-state index is 0.309. The Kier molecular flexibility index (Phi) is 5.04. The van der Waals surface area contributed by atoms with Gasteiger partial charge in [-0.25, -0.2) is 4.39 Å². The Morgan fingerprint density at radius 1 is 1.53 bits per heavy atom. The molecule has 92 valence electrons. The second-order valence-electron chi connectivity index (χ2n) is 3.79. The summed E-state index contributed by atoms with van der Waals surface area (Å²) in [4.78, 5) is 4.17. The molecule has 0 aliphatic carbocycles. The van der Waals surface area contributed by atoms with E-state index in [1.807, 2.05) is 6.92 Å². The van der Waals surface area contributed by atoms with Gasteiger partial charge in [-0.2, -0.15) is 0 Å². The fourth-order valence-corrected chi connectivity index (χ4v) is 1.58. The molecule has 1 unspecified atom stereocenters. The maximum absolute atomic E-state index is 13.4. The van der Waals surface area contributed by atoms with Crippen molar-refractivity contribution in [1.82, 2.24) is 0 Å². The van der Waals surface area contributed by atoms with Gasteiger partial charge in [-0.05, 0) is 37.5 Å². The van der Waals surface area contributed by atoms with Gasteiger partial charge in [-0.3, -0.25) is 4.99 Å². The highest BCUT2D eigenvalue weighted by molar-refractivity contribution is 5.58. The Morgan fingerprint density at radius 2 is 2.24 bits per heavy atom. The van der Waals surface area contributed by atoms with Gasteiger partial charge < -0.3 is 5.11 Å². The van der Waals surface area contributed by atoms with E-state index < -0.39 is 6.10 Å². The third-order valence-electron chi connectivity index (χ3n) is 2.60. The monoisotopic (exact) mass is 235 g/mol. The Labute approximate surface area is 102 Å². The lowest BCUT2D eigenvalue weighted by atomic mass is 10.0. The molecule has 1 aromatic rings. The molecular formula is C14H18FNO. The third kappa shape index (κ3) is 3.24. The van der Waals surface area contributed by atoms with E-state index in [0.29, 0.717) is 16.8 Å². The molecule has 0 fully saturated rings. The maximum atomic E-state index is 13.4. The highest BCUT2D eigenvalue weighted by Gasteiger charge is 2.15. The van der Waals surface area contributed by atoms with E-state index in [9.17, 15) is 9.50 Å². The van der Waals surface area contributed by atoms with E-state index in [0.717, 1.165) is 6.42 Å². The van der Waals surface area contributed by atoms with Gasteiger partial charge in [-0.1, -0.05) is 25.1 Å². The van der Waals surface area contributed by atoms with Crippen molar-refractivity contribution in [1.29, 1.82) is 0 Å². The van der Waals surface area contributed by atoms with Crippen LogP contribution in [0.1, 0.15) is 37.5 Å². The van der Waals surface area contributed by atoms with Crippen molar-refractivity contribution in [2.24, 2.45) is 4.99 Å². The number of benzene rings is 1. The van der Waals surface area contributed by atoms with Gasteiger partial charge >= 0.3 is 0 Å². The topological polar surface area (TPSA) is 32.6 Å². The van der Waals surface area contributed by atoms with Gasteiger partial charge in [0.05, 0.1) is 5.70 Å². The first-order valence-electron chi connectivity index (χ1n) is 5.73. The number of aliphatic imine (C=N–C) groups is 1. The highest BCUT2D eigenvalue weighted by Crippen LogP contribution is 2.26. The van der Waals surface area contributed by atoms with E-state index >= 15 is 0 Å². The summed E-state index contributed by atoms with van der Waals surface area (Å²) in [5.41, 5.74) is 1.57. The van der Waals surface area contributed by atoms with Crippen LogP contribution in [0, 0.1) is 12.7 Å². The molecule has 2 nitrogen and oxygen atoms in total. The number of aliphatic hydroxyl groups excluding tert-OH is 1.